The quantitative estimate of drug-likeness (QED) is 0.700. The molecule has 0 heterocycles. The van der Waals surface area contributed by atoms with Gasteiger partial charge in [-0.3, -0.25) is 9.52 Å². The van der Waals surface area contributed by atoms with Crippen molar-refractivity contribution in [1.29, 1.82) is 0 Å². The van der Waals surface area contributed by atoms with E-state index in [1.54, 1.807) is 31.2 Å². The van der Waals surface area contributed by atoms with E-state index in [0.29, 0.717) is 18.9 Å². The number of benzene rings is 2. The first kappa shape index (κ1) is 20.8. The molecule has 1 amide bonds. The molecule has 8 heteroatoms. The molecule has 0 fully saturated rings. The highest BCUT2D eigenvalue weighted by Gasteiger charge is 2.21. The van der Waals surface area contributed by atoms with Gasteiger partial charge in [-0.25, -0.2) is 17.2 Å². The number of nitrogens with one attached hydrogen (secondary N) is 2. The van der Waals surface area contributed by atoms with Crippen molar-refractivity contribution in [2.45, 2.75) is 32.6 Å². The van der Waals surface area contributed by atoms with Crippen LogP contribution in [0.1, 0.15) is 38.2 Å². The Labute approximate surface area is 157 Å². The average Bonchev–Trinajstić information content (AvgIpc) is 2.60. The number of hydrogen-bond donors (Lipinski definition) is 2. The number of hydrogen-bond acceptors (Lipinski definition) is 3. The Morgan fingerprint density at radius 1 is 1.04 bits per heavy atom. The normalized spacial score (nSPS) is 12.4. The van der Waals surface area contributed by atoms with Gasteiger partial charge in [0.15, 0.2) is 0 Å². The summed E-state index contributed by atoms with van der Waals surface area (Å²) in [5.74, 6) is -3.22. The summed E-state index contributed by atoms with van der Waals surface area (Å²) >= 11 is 0. The summed E-state index contributed by atoms with van der Waals surface area (Å²) in [5.41, 5.74) is 0.0711. The van der Waals surface area contributed by atoms with Gasteiger partial charge in [0.1, 0.15) is 11.6 Å². The topological polar surface area (TPSA) is 75.3 Å². The Balaban J connectivity index is 2.27. The Kier molecular flexibility index (Phi) is 6.90. The third-order valence-corrected chi connectivity index (χ3v) is 5.46. The van der Waals surface area contributed by atoms with Crippen molar-refractivity contribution in [2.75, 3.05) is 15.8 Å². The van der Waals surface area contributed by atoms with Crippen LogP contribution < -0.4 is 10.0 Å². The molecule has 0 aliphatic rings. The van der Waals surface area contributed by atoms with Crippen LogP contribution in [0.4, 0.5) is 20.2 Å². The molecule has 0 saturated heterocycles. The monoisotopic (exact) mass is 396 g/mol. The number of sulfonamides is 1. The van der Waals surface area contributed by atoms with Gasteiger partial charge in [0.05, 0.1) is 23.0 Å². The van der Waals surface area contributed by atoms with Gasteiger partial charge in [0, 0.05) is 6.07 Å². The second-order valence-corrected chi connectivity index (χ2v) is 7.94. The van der Waals surface area contributed by atoms with Gasteiger partial charge in [0.2, 0.25) is 15.9 Å². The zero-order valence-corrected chi connectivity index (χ0v) is 15.9. The molecule has 2 aromatic carbocycles. The number of rotatable bonds is 8. The number of amides is 1. The first-order valence-electron chi connectivity index (χ1n) is 8.62. The van der Waals surface area contributed by atoms with Crippen LogP contribution in [0.15, 0.2) is 42.5 Å². The Bertz CT molecular complexity index is 903. The summed E-state index contributed by atoms with van der Waals surface area (Å²) in [5, 5.41) is 2.43. The molecule has 27 heavy (non-hydrogen) atoms. The summed E-state index contributed by atoms with van der Waals surface area (Å²) in [6.07, 6.45) is 0.825. The predicted molar refractivity (Wildman–Crippen MR) is 102 cm³/mol. The Morgan fingerprint density at radius 3 is 2.26 bits per heavy atom. The molecule has 0 aliphatic heterocycles. The van der Waals surface area contributed by atoms with Gasteiger partial charge in [-0.05, 0) is 24.5 Å². The van der Waals surface area contributed by atoms with Crippen molar-refractivity contribution < 1.29 is 22.0 Å². The van der Waals surface area contributed by atoms with Crippen LogP contribution in [0.25, 0.3) is 0 Å². The van der Waals surface area contributed by atoms with Gasteiger partial charge >= 0.3 is 0 Å². The molecule has 1 atom stereocenters. The lowest BCUT2D eigenvalue weighted by molar-refractivity contribution is -0.117. The summed E-state index contributed by atoms with van der Waals surface area (Å²) in [7, 11) is -3.75. The molecule has 5 nitrogen and oxygen atoms in total. The molecular formula is C19H22F2N2O3S. The summed E-state index contributed by atoms with van der Waals surface area (Å²) in [6.45, 7) is 3.49. The number of carbonyl (C=O) groups is 1. The van der Waals surface area contributed by atoms with Crippen LogP contribution in [-0.4, -0.2) is 20.1 Å². The molecule has 2 rings (SSSR count). The lowest BCUT2D eigenvalue weighted by Gasteiger charge is -2.17. The third-order valence-electron chi connectivity index (χ3n) is 3.98. The standard InChI is InChI=1S/C19H22F2N2O3S/c1-3-10-27(25,26)23-18-12-17(15(20)11-16(18)21)22-19(24)14(4-2)13-8-6-5-7-9-13/h5-9,11-12,14,23H,3-4,10H2,1-2H3,(H,22,24). The van der Waals surface area contributed by atoms with Crippen molar-refractivity contribution >= 4 is 27.3 Å². The van der Waals surface area contributed by atoms with Gasteiger partial charge in [-0.1, -0.05) is 44.2 Å². The van der Waals surface area contributed by atoms with E-state index in [2.05, 4.69) is 10.0 Å². The minimum absolute atomic E-state index is 0.197. The summed E-state index contributed by atoms with van der Waals surface area (Å²) in [6, 6.07) is 10.5. The molecule has 146 valence electrons. The Morgan fingerprint density at radius 2 is 1.67 bits per heavy atom. The van der Waals surface area contributed by atoms with E-state index in [1.165, 1.54) is 0 Å². The van der Waals surface area contributed by atoms with Crippen LogP contribution in [0.2, 0.25) is 0 Å². The molecule has 2 N–H and O–H groups in total. The van der Waals surface area contributed by atoms with Crippen LogP contribution in [0, 0.1) is 11.6 Å². The predicted octanol–water partition coefficient (Wildman–Crippen LogP) is 4.25. The maximum absolute atomic E-state index is 14.1. The fourth-order valence-corrected chi connectivity index (χ4v) is 3.82. The highest BCUT2D eigenvalue weighted by Crippen LogP contribution is 2.27. The average molecular weight is 396 g/mol. The van der Waals surface area contributed by atoms with Crippen LogP contribution in [0.5, 0.6) is 0 Å². The number of anilines is 2. The molecule has 0 radical (unpaired) electrons. The zero-order valence-electron chi connectivity index (χ0n) is 15.1. The second-order valence-electron chi connectivity index (χ2n) is 6.09. The molecule has 0 bridgehead atoms. The highest BCUT2D eigenvalue weighted by atomic mass is 32.2. The number of carbonyl (C=O) groups excluding carboxylic acids is 1. The highest BCUT2D eigenvalue weighted by molar-refractivity contribution is 7.92. The van der Waals surface area contributed by atoms with Crippen molar-refractivity contribution in [3.63, 3.8) is 0 Å². The van der Waals surface area contributed by atoms with Crippen molar-refractivity contribution in [1.82, 2.24) is 0 Å². The lowest BCUT2D eigenvalue weighted by Crippen LogP contribution is -2.22. The van der Waals surface area contributed by atoms with Gasteiger partial charge in [-0.2, -0.15) is 0 Å². The summed E-state index contributed by atoms with van der Waals surface area (Å²) < 4.78 is 53.8. The molecule has 0 aromatic heterocycles. The molecular weight excluding hydrogens is 374 g/mol. The second kappa shape index (κ2) is 8.94. The first-order valence-corrected chi connectivity index (χ1v) is 10.3. The maximum atomic E-state index is 14.1. The van der Waals surface area contributed by atoms with Crippen LogP contribution in [0.3, 0.4) is 0 Å². The van der Waals surface area contributed by atoms with Gasteiger partial charge < -0.3 is 5.32 Å². The van der Waals surface area contributed by atoms with Crippen molar-refractivity contribution in [3.8, 4) is 0 Å². The van der Waals surface area contributed by atoms with E-state index in [1.807, 2.05) is 13.0 Å². The minimum atomic E-state index is -3.75. The van der Waals surface area contributed by atoms with E-state index in [0.717, 1.165) is 11.6 Å². The lowest BCUT2D eigenvalue weighted by atomic mass is 9.95. The van der Waals surface area contributed by atoms with Gasteiger partial charge in [-0.15, -0.1) is 0 Å². The minimum Gasteiger partial charge on any atom is -0.323 e. The van der Waals surface area contributed by atoms with E-state index in [-0.39, 0.29) is 11.4 Å². The van der Waals surface area contributed by atoms with Crippen LogP contribution >= 0.6 is 0 Å². The number of halogens is 2. The molecule has 2 aromatic rings. The largest absolute Gasteiger partial charge is 0.323 e. The Hall–Kier alpha value is -2.48. The van der Waals surface area contributed by atoms with E-state index < -0.39 is 39.2 Å². The third kappa shape index (κ3) is 5.50. The fraction of sp³-hybridized carbons (Fsp3) is 0.316. The van der Waals surface area contributed by atoms with Gasteiger partial charge in [0.25, 0.3) is 0 Å². The van der Waals surface area contributed by atoms with E-state index in [4.69, 9.17) is 0 Å². The van der Waals surface area contributed by atoms with E-state index >= 15 is 0 Å². The molecule has 0 aliphatic carbocycles. The summed E-state index contributed by atoms with van der Waals surface area (Å²) in [4.78, 5) is 12.6. The SMILES string of the molecule is CCCS(=O)(=O)Nc1cc(NC(=O)C(CC)c2ccccc2)c(F)cc1F. The fourth-order valence-electron chi connectivity index (χ4n) is 2.69. The van der Waals surface area contributed by atoms with Crippen molar-refractivity contribution in [3.05, 3.63) is 59.7 Å². The van der Waals surface area contributed by atoms with Crippen LogP contribution in [-0.2, 0) is 14.8 Å². The molecule has 0 saturated carbocycles. The maximum Gasteiger partial charge on any atom is 0.232 e. The van der Waals surface area contributed by atoms with E-state index in [9.17, 15) is 22.0 Å². The molecule has 1 unspecified atom stereocenters. The first-order chi connectivity index (χ1) is 12.8. The smallest absolute Gasteiger partial charge is 0.232 e. The van der Waals surface area contributed by atoms with Crippen molar-refractivity contribution in [2.24, 2.45) is 0 Å². The molecule has 0 spiro atoms. The zero-order chi connectivity index (χ0) is 20.0.